The van der Waals surface area contributed by atoms with Crippen molar-refractivity contribution >= 4 is 62.8 Å². The molecule has 0 aliphatic carbocycles. The number of amides is 4. The number of ether oxygens (including phenoxy) is 4. The van der Waals surface area contributed by atoms with Crippen LogP contribution in [-0.2, 0) is 38.4 Å². The first-order valence-electron chi connectivity index (χ1n) is 21.3. The molecule has 18 nitrogen and oxygen atoms in total. The Kier molecular flexibility index (Phi) is 16.0. The monoisotopic (exact) mass is 945 g/mol. The summed E-state index contributed by atoms with van der Waals surface area (Å²) in [6.45, 7) is 14.8. The highest BCUT2D eigenvalue weighted by atomic mass is 32.2. The molecule has 0 fully saturated rings. The van der Waals surface area contributed by atoms with Crippen LogP contribution in [-0.4, -0.2) is 90.3 Å². The summed E-state index contributed by atoms with van der Waals surface area (Å²) in [4.78, 5) is 72.1. The maximum Gasteiger partial charge on any atom is 0.424 e. The Balaban J connectivity index is 1.38. The molecule has 5 rings (SSSR count). The first-order valence-corrected chi connectivity index (χ1v) is 23.2. The molecule has 2 aromatic heterocycles. The lowest BCUT2D eigenvalue weighted by Crippen LogP contribution is -2.56. The number of benzene rings is 3. The van der Waals surface area contributed by atoms with E-state index >= 15 is 0 Å². The predicted octanol–water partition coefficient (Wildman–Crippen LogP) is 7.54. The summed E-state index contributed by atoms with van der Waals surface area (Å²) in [5.74, 6) is -4.03. The van der Waals surface area contributed by atoms with Crippen molar-refractivity contribution in [3.8, 4) is 16.9 Å². The topological polar surface area (TPSA) is 226 Å². The average Bonchev–Trinajstić information content (AvgIpc) is 3.66. The molecule has 2 heterocycles. The first kappa shape index (κ1) is 50.9. The number of hydrogen-bond acceptors (Lipinski definition) is 13. The van der Waals surface area contributed by atoms with Gasteiger partial charge in [-0.3, -0.25) is 9.59 Å². The minimum absolute atomic E-state index is 0.0227. The first-order chi connectivity index (χ1) is 31.3. The Hall–Kier alpha value is -7.09. The van der Waals surface area contributed by atoms with Crippen molar-refractivity contribution in [1.29, 1.82) is 0 Å². The van der Waals surface area contributed by atoms with Crippen LogP contribution < -0.4 is 25.6 Å². The van der Waals surface area contributed by atoms with Gasteiger partial charge in [0.15, 0.2) is 15.5 Å². The molecule has 1 unspecified atom stereocenters. The van der Waals surface area contributed by atoms with Gasteiger partial charge >= 0.3 is 18.2 Å². The second kappa shape index (κ2) is 21.0. The molecule has 0 aliphatic rings. The van der Waals surface area contributed by atoms with Crippen LogP contribution in [0, 0.1) is 17.7 Å². The number of carbonyl (C=O) groups is 5. The second-order valence-corrected chi connectivity index (χ2v) is 19.4. The summed E-state index contributed by atoms with van der Waals surface area (Å²) in [5.41, 5.74) is 2.06. The van der Waals surface area contributed by atoms with Crippen LogP contribution in [0.1, 0.15) is 73.8 Å². The Morgan fingerprint density at radius 3 is 1.99 bits per heavy atom. The summed E-state index contributed by atoms with van der Waals surface area (Å²) in [7, 11) is -2.44. The maximum atomic E-state index is 14.2. The molecule has 0 aliphatic heterocycles. The number of sulfone groups is 1. The van der Waals surface area contributed by atoms with Gasteiger partial charge in [-0.1, -0.05) is 52.0 Å². The van der Waals surface area contributed by atoms with E-state index < -0.39 is 81.4 Å². The molecule has 0 spiro atoms. The van der Waals surface area contributed by atoms with E-state index in [0.717, 1.165) is 16.7 Å². The number of hydrogen-bond donors (Lipinski definition) is 3. The molecule has 358 valence electrons. The number of nitrogens with zero attached hydrogens (tertiary/aromatic N) is 4. The summed E-state index contributed by atoms with van der Waals surface area (Å²) in [6.07, 6.45) is -0.868. The van der Waals surface area contributed by atoms with E-state index in [9.17, 15) is 36.8 Å². The third-order valence-electron chi connectivity index (χ3n) is 10.2. The van der Waals surface area contributed by atoms with Gasteiger partial charge in [0.1, 0.15) is 29.3 Å². The fraction of sp³-hybridized carbons (Fsp3) is 0.383. The number of rotatable bonds is 16. The standard InChI is InChI=1S/C47H56FN7O11S/c1-26(2)39(52-45(59)66-47(7,8)9)42(57)51-40(27(3)4)43(58)64-29(6)65-46(60)55(36-22-21-35(67(11,61)62)24-37(36)63-10)44-50-38-23-16-32(25-54(38)53-44)31-14-19-34(20-15-31)49-41(56)28(5)30-12-17-33(48)18-13-30/h12-29,39-40H,1-11H3,(H,49,56)(H,51,57)(H,52,59)/t28-,29?,39+,40+/m1/s1. The van der Waals surface area contributed by atoms with Crippen molar-refractivity contribution in [3.63, 3.8) is 0 Å². The van der Waals surface area contributed by atoms with Crippen molar-refractivity contribution in [1.82, 2.24) is 25.2 Å². The smallest absolute Gasteiger partial charge is 0.424 e. The number of nitrogens with one attached hydrogen (secondary N) is 3. The SMILES string of the molecule is COc1cc(S(C)(=O)=O)ccc1N(C(=O)OC(C)OC(=O)[C@@H](NC(=O)[C@@H](NC(=O)OC(C)(C)C)C(C)C)C(C)C)c1nc2ccc(-c3ccc(NC(=O)[C@H](C)c4ccc(F)cc4)cc3)cn2n1. The second-order valence-electron chi connectivity index (χ2n) is 17.4. The van der Waals surface area contributed by atoms with Crippen LogP contribution in [0.4, 0.5) is 31.3 Å². The lowest BCUT2D eigenvalue weighted by molar-refractivity contribution is -0.169. The van der Waals surface area contributed by atoms with E-state index in [-0.39, 0.29) is 33.8 Å². The van der Waals surface area contributed by atoms with Gasteiger partial charge in [-0.05, 0) is 99.2 Å². The van der Waals surface area contributed by atoms with E-state index in [0.29, 0.717) is 16.8 Å². The number of alkyl carbamates (subject to hydrolysis) is 1. The van der Waals surface area contributed by atoms with Crippen molar-refractivity contribution in [2.75, 3.05) is 23.6 Å². The molecule has 5 aromatic rings. The van der Waals surface area contributed by atoms with E-state index in [1.54, 1.807) is 110 Å². The summed E-state index contributed by atoms with van der Waals surface area (Å²) >= 11 is 0. The molecule has 67 heavy (non-hydrogen) atoms. The van der Waals surface area contributed by atoms with Gasteiger partial charge < -0.3 is 34.9 Å². The molecule has 0 saturated heterocycles. The zero-order valence-electron chi connectivity index (χ0n) is 39.1. The Labute approximate surface area is 388 Å². The van der Waals surface area contributed by atoms with Gasteiger partial charge in [-0.15, -0.1) is 5.10 Å². The molecule has 4 amide bonds. The predicted molar refractivity (Wildman–Crippen MR) is 247 cm³/mol. The fourth-order valence-corrected chi connectivity index (χ4v) is 7.20. The van der Waals surface area contributed by atoms with Crippen LogP contribution >= 0.6 is 0 Å². The average molecular weight is 946 g/mol. The van der Waals surface area contributed by atoms with E-state index in [4.69, 9.17) is 18.9 Å². The van der Waals surface area contributed by atoms with Gasteiger partial charge in [0.25, 0.3) is 5.95 Å². The van der Waals surface area contributed by atoms with Gasteiger partial charge in [-0.25, -0.2) is 36.6 Å². The molecular formula is C47H56FN7O11S. The quantitative estimate of drug-likeness (QED) is 0.0643. The number of halogens is 1. The minimum atomic E-state index is -3.72. The van der Waals surface area contributed by atoms with Gasteiger partial charge in [0.2, 0.25) is 18.1 Å². The number of aromatic nitrogens is 3. The highest BCUT2D eigenvalue weighted by molar-refractivity contribution is 7.90. The van der Waals surface area contributed by atoms with Crippen molar-refractivity contribution < 1.29 is 55.7 Å². The lowest BCUT2D eigenvalue weighted by atomic mass is 10.00. The number of methoxy groups -OCH3 is 1. The van der Waals surface area contributed by atoms with Crippen LogP contribution in [0.5, 0.6) is 5.75 Å². The van der Waals surface area contributed by atoms with Crippen LogP contribution in [0.15, 0.2) is 90.0 Å². The molecule has 4 atom stereocenters. The molecule has 3 aromatic carbocycles. The highest BCUT2D eigenvalue weighted by Gasteiger charge is 2.35. The molecular weight excluding hydrogens is 890 g/mol. The fourth-order valence-electron chi connectivity index (χ4n) is 6.56. The van der Waals surface area contributed by atoms with Gasteiger partial charge in [0.05, 0.1) is 23.6 Å². The van der Waals surface area contributed by atoms with Crippen molar-refractivity contribution in [2.24, 2.45) is 11.8 Å². The van der Waals surface area contributed by atoms with Gasteiger partial charge in [-0.2, -0.15) is 4.98 Å². The van der Waals surface area contributed by atoms with Crippen LogP contribution in [0.2, 0.25) is 0 Å². The number of esters is 1. The van der Waals surface area contributed by atoms with Crippen molar-refractivity contribution in [3.05, 3.63) is 96.4 Å². The lowest BCUT2D eigenvalue weighted by Gasteiger charge is -2.28. The summed E-state index contributed by atoms with van der Waals surface area (Å²) in [5, 5.41) is 12.6. The number of pyridine rings is 1. The molecule has 0 radical (unpaired) electrons. The zero-order chi connectivity index (χ0) is 49.5. The molecule has 3 N–H and O–H groups in total. The molecule has 0 bridgehead atoms. The highest BCUT2D eigenvalue weighted by Crippen LogP contribution is 2.36. The third-order valence-corrected chi connectivity index (χ3v) is 11.3. The summed E-state index contributed by atoms with van der Waals surface area (Å²) in [6, 6.07) is 17.7. The van der Waals surface area contributed by atoms with Crippen LogP contribution in [0.3, 0.4) is 0 Å². The maximum absolute atomic E-state index is 14.2. The van der Waals surface area contributed by atoms with Crippen LogP contribution in [0.25, 0.3) is 16.8 Å². The largest absolute Gasteiger partial charge is 0.495 e. The van der Waals surface area contributed by atoms with Crippen molar-refractivity contribution in [2.45, 2.75) is 97.1 Å². The summed E-state index contributed by atoms with van der Waals surface area (Å²) < 4.78 is 61.8. The van der Waals surface area contributed by atoms with E-state index in [1.807, 2.05) is 0 Å². The van der Waals surface area contributed by atoms with E-state index in [2.05, 4.69) is 26.0 Å². The third kappa shape index (κ3) is 13.3. The normalized spacial score (nSPS) is 13.5. The Morgan fingerprint density at radius 2 is 1.40 bits per heavy atom. The Bertz CT molecular complexity index is 2720. The molecule has 20 heteroatoms. The minimum Gasteiger partial charge on any atom is -0.495 e. The zero-order valence-corrected chi connectivity index (χ0v) is 39.9. The number of anilines is 3. The number of carbonyl (C=O) groups excluding carboxylic acids is 5. The Morgan fingerprint density at radius 1 is 0.776 bits per heavy atom. The number of fused-ring (bicyclic) bond motifs is 1. The molecule has 0 saturated carbocycles. The van der Waals surface area contributed by atoms with E-state index in [1.165, 1.54) is 48.9 Å². The van der Waals surface area contributed by atoms with Gasteiger partial charge in [0, 0.05) is 36.7 Å².